The van der Waals surface area contributed by atoms with Crippen molar-refractivity contribution in [2.24, 2.45) is 0 Å². The number of aromatic nitrogens is 2. The first-order valence-electron chi connectivity index (χ1n) is 4.37. The number of rotatable bonds is 4. The van der Waals surface area contributed by atoms with Gasteiger partial charge in [0, 0.05) is 12.3 Å². The summed E-state index contributed by atoms with van der Waals surface area (Å²) < 4.78 is 0. The molecule has 0 saturated heterocycles. The van der Waals surface area contributed by atoms with Crippen molar-refractivity contribution in [1.82, 2.24) is 15.3 Å². The van der Waals surface area contributed by atoms with Crippen LogP contribution in [-0.2, 0) is 11.3 Å². The molecule has 14 heavy (non-hydrogen) atoms. The van der Waals surface area contributed by atoms with E-state index in [1.807, 2.05) is 13.0 Å². The average Bonchev–Trinajstić information content (AvgIpc) is 2.68. The Labute approximate surface area is 82.7 Å². The topological polar surface area (TPSA) is 57.8 Å². The fourth-order valence-electron chi connectivity index (χ4n) is 0.877. The Balaban J connectivity index is 2.28. The quantitative estimate of drug-likeness (QED) is 0.554. The third-order valence-electron chi connectivity index (χ3n) is 1.56. The largest absolute Gasteiger partial charge is 0.347 e. The van der Waals surface area contributed by atoms with E-state index in [-0.39, 0.29) is 5.91 Å². The maximum Gasteiger partial charge on any atom is 0.244 e. The molecule has 1 aromatic rings. The lowest BCUT2D eigenvalue weighted by Gasteiger charge is -1.97. The summed E-state index contributed by atoms with van der Waals surface area (Å²) in [6.07, 6.45) is 10.1. The van der Waals surface area contributed by atoms with Gasteiger partial charge >= 0.3 is 0 Å². The Morgan fingerprint density at radius 1 is 1.64 bits per heavy atom. The van der Waals surface area contributed by atoms with Crippen molar-refractivity contribution in [3.05, 3.63) is 42.5 Å². The summed E-state index contributed by atoms with van der Waals surface area (Å²) in [6.45, 7) is 2.37. The van der Waals surface area contributed by atoms with Crippen molar-refractivity contribution in [2.45, 2.75) is 13.5 Å². The van der Waals surface area contributed by atoms with E-state index in [0.29, 0.717) is 6.54 Å². The van der Waals surface area contributed by atoms with Crippen molar-refractivity contribution in [3.8, 4) is 0 Å². The zero-order chi connectivity index (χ0) is 10.2. The first-order chi connectivity index (χ1) is 6.83. The fourth-order valence-corrected chi connectivity index (χ4v) is 0.877. The van der Waals surface area contributed by atoms with Crippen molar-refractivity contribution in [1.29, 1.82) is 0 Å². The van der Waals surface area contributed by atoms with Gasteiger partial charge in [-0.15, -0.1) is 0 Å². The average molecular weight is 191 g/mol. The van der Waals surface area contributed by atoms with Crippen LogP contribution in [0.4, 0.5) is 0 Å². The van der Waals surface area contributed by atoms with Gasteiger partial charge in [0.05, 0.1) is 18.6 Å². The maximum atomic E-state index is 11.1. The second kappa shape index (κ2) is 5.75. The summed E-state index contributed by atoms with van der Waals surface area (Å²) in [6, 6.07) is 0. The third-order valence-corrected chi connectivity index (χ3v) is 1.56. The Morgan fingerprint density at radius 2 is 2.50 bits per heavy atom. The molecule has 74 valence electrons. The van der Waals surface area contributed by atoms with Crippen LogP contribution in [0.1, 0.15) is 12.6 Å². The molecule has 0 aliphatic rings. The van der Waals surface area contributed by atoms with Gasteiger partial charge in [0.1, 0.15) is 0 Å². The molecular formula is C10H13N3O. The predicted octanol–water partition coefficient (Wildman–Crippen LogP) is 1.16. The molecule has 0 aromatic carbocycles. The second-order valence-electron chi connectivity index (χ2n) is 2.68. The van der Waals surface area contributed by atoms with E-state index in [1.165, 1.54) is 6.08 Å². The van der Waals surface area contributed by atoms with Crippen molar-refractivity contribution < 1.29 is 4.79 Å². The Hall–Kier alpha value is -1.84. The summed E-state index contributed by atoms with van der Waals surface area (Å²) >= 11 is 0. The van der Waals surface area contributed by atoms with Crippen LogP contribution in [0.15, 0.2) is 36.8 Å². The molecule has 0 aliphatic carbocycles. The first-order valence-corrected chi connectivity index (χ1v) is 4.37. The van der Waals surface area contributed by atoms with Crippen LogP contribution < -0.4 is 5.32 Å². The molecule has 0 spiro atoms. The van der Waals surface area contributed by atoms with Crippen molar-refractivity contribution in [3.63, 3.8) is 0 Å². The van der Waals surface area contributed by atoms with Crippen LogP contribution in [0.2, 0.25) is 0 Å². The summed E-state index contributed by atoms with van der Waals surface area (Å²) in [5.41, 5.74) is 0.887. The van der Waals surface area contributed by atoms with Gasteiger partial charge in [-0.05, 0) is 6.92 Å². The highest BCUT2D eigenvalue weighted by Gasteiger charge is 1.95. The van der Waals surface area contributed by atoms with E-state index >= 15 is 0 Å². The van der Waals surface area contributed by atoms with Crippen LogP contribution in [0, 0.1) is 0 Å². The molecule has 4 nitrogen and oxygen atoms in total. The molecule has 1 aromatic heterocycles. The SMILES string of the molecule is CC=CC=CC(=O)NCc1cnc[nH]1. The fraction of sp³-hybridized carbons (Fsp3) is 0.200. The minimum atomic E-state index is -0.113. The van der Waals surface area contributed by atoms with Crippen LogP contribution in [-0.4, -0.2) is 15.9 Å². The number of allylic oxidation sites excluding steroid dienone is 3. The number of imidazole rings is 1. The molecule has 2 N–H and O–H groups in total. The molecule has 0 bridgehead atoms. The normalized spacial score (nSPS) is 11.2. The van der Waals surface area contributed by atoms with Gasteiger partial charge in [0.25, 0.3) is 0 Å². The van der Waals surface area contributed by atoms with E-state index < -0.39 is 0 Å². The van der Waals surface area contributed by atoms with Gasteiger partial charge in [-0.3, -0.25) is 4.79 Å². The molecule has 0 fully saturated rings. The molecule has 0 unspecified atom stereocenters. The lowest BCUT2D eigenvalue weighted by atomic mass is 10.4. The lowest BCUT2D eigenvalue weighted by molar-refractivity contribution is -0.116. The van der Waals surface area contributed by atoms with Gasteiger partial charge in [0.15, 0.2) is 0 Å². The van der Waals surface area contributed by atoms with Crippen LogP contribution >= 0.6 is 0 Å². The molecule has 1 rings (SSSR count). The Kier molecular flexibility index (Phi) is 4.20. The molecule has 0 saturated carbocycles. The van der Waals surface area contributed by atoms with Gasteiger partial charge < -0.3 is 10.3 Å². The molecule has 1 heterocycles. The summed E-state index contributed by atoms with van der Waals surface area (Å²) in [5, 5.41) is 2.71. The molecular weight excluding hydrogens is 178 g/mol. The Bertz CT molecular complexity index is 325. The number of aromatic amines is 1. The van der Waals surface area contributed by atoms with Gasteiger partial charge in [0.2, 0.25) is 5.91 Å². The number of nitrogens with zero attached hydrogens (tertiary/aromatic N) is 1. The van der Waals surface area contributed by atoms with Gasteiger partial charge in [-0.1, -0.05) is 18.2 Å². The minimum absolute atomic E-state index is 0.113. The minimum Gasteiger partial charge on any atom is -0.347 e. The summed E-state index contributed by atoms with van der Waals surface area (Å²) in [4.78, 5) is 17.9. The second-order valence-corrected chi connectivity index (χ2v) is 2.68. The third kappa shape index (κ3) is 3.71. The predicted molar refractivity (Wildman–Crippen MR) is 54.4 cm³/mol. The highest BCUT2D eigenvalue weighted by Crippen LogP contribution is 1.89. The first kappa shape index (κ1) is 10.2. The molecule has 0 aliphatic heterocycles. The summed E-state index contributed by atoms with van der Waals surface area (Å²) in [5.74, 6) is -0.113. The highest BCUT2D eigenvalue weighted by molar-refractivity contribution is 5.87. The zero-order valence-electron chi connectivity index (χ0n) is 8.03. The zero-order valence-corrected chi connectivity index (χ0v) is 8.03. The number of carbonyl (C=O) groups is 1. The van der Waals surface area contributed by atoms with E-state index in [4.69, 9.17) is 0 Å². The molecule has 4 heteroatoms. The van der Waals surface area contributed by atoms with E-state index in [1.54, 1.807) is 24.7 Å². The van der Waals surface area contributed by atoms with E-state index in [0.717, 1.165) is 5.69 Å². The number of carbonyl (C=O) groups excluding carboxylic acids is 1. The van der Waals surface area contributed by atoms with Gasteiger partial charge in [-0.25, -0.2) is 4.98 Å². The molecule has 1 amide bonds. The van der Waals surface area contributed by atoms with Crippen molar-refractivity contribution >= 4 is 5.91 Å². The number of hydrogen-bond donors (Lipinski definition) is 2. The maximum absolute atomic E-state index is 11.1. The number of hydrogen-bond acceptors (Lipinski definition) is 2. The number of H-pyrrole nitrogens is 1. The number of amides is 1. The Morgan fingerprint density at radius 3 is 3.14 bits per heavy atom. The monoisotopic (exact) mass is 191 g/mol. The smallest absolute Gasteiger partial charge is 0.244 e. The highest BCUT2D eigenvalue weighted by atomic mass is 16.1. The van der Waals surface area contributed by atoms with Crippen molar-refractivity contribution in [2.75, 3.05) is 0 Å². The summed E-state index contributed by atoms with van der Waals surface area (Å²) in [7, 11) is 0. The standard InChI is InChI=1S/C10H13N3O/c1-2-3-4-5-10(14)12-7-9-6-11-8-13-9/h2-6,8H,7H2,1H3,(H,11,13)(H,12,14). The van der Waals surface area contributed by atoms with E-state index in [9.17, 15) is 4.79 Å². The van der Waals surface area contributed by atoms with Crippen LogP contribution in [0.3, 0.4) is 0 Å². The van der Waals surface area contributed by atoms with Crippen LogP contribution in [0.25, 0.3) is 0 Å². The number of nitrogens with one attached hydrogen (secondary N) is 2. The lowest BCUT2D eigenvalue weighted by Crippen LogP contribution is -2.20. The molecule has 0 atom stereocenters. The van der Waals surface area contributed by atoms with Crippen LogP contribution in [0.5, 0.6) is 0 Å². The van der Waals surface area contributed by atoms with E-state index in [2.05, 4.69) is 15.3 Å². The van der Waals surface area contributed by atoms with Gasteiger partial charge in [-0.2, -0.15) is 0 Å². The molecule has 0 radical (unpaired) electrons.